The summed E-state index contributed by atoms with van der Waals surface area (Å²) in [7, 11) is 0. The van der Waals surface area contributed by atoms with Crippen molar-refractivity contribution in [1.82, 2.24) is 9.97 Å². The summed E-state index contributed by atoms with van der Waals surface area (Å²) in [6.07, 6.45) is 2.78. The number of nitrogen functional groups attached to an aromatic ring is 1. The topological polar surface area (TPSA) is 84.8 Å². The summed E-state index contributed by atoms with van der Waals surface area (Å²) < 4.78 is 18.6. The van der Waals surface area contributed by atoms with Gasteiger partial charge >= 0.3 is 0 Å². The Morgan fingerprint density at radius 1 is 1.29 bits per heavy atom. The van der Waals surface area contributed by atoms with Crippen molar-refractivity contribution in [3.63, 3.8) is 0 Å². The van der Waals surface area contributed by atoms with Crippen molar-refractivity contribution < 1.29 is 9.13 Å². The quantitative estimate of drug-likeness (QED) is 0.851. The predicted molar refractivity (Wildman–Crippen MR) is 57.6 cm³/mol. The van der Waals surface area contributed by atoms with Gasteiger partial charge in [-0.2, -0.15) is 5.26 Å². The average Bonchev–Trinajstić information content (AvgIpc) is 2.34. The molecule has 84 valence electrons. The largest absolute Gasteiger partial charge is 0.433 e. The fourth-order valence-corrected chi connectivity index (χ4v) is 1.17. The Bertz CT molecular complexity index is 594. The second-order valence-electron chi connectivity index (χ2n) is 3.11. The maximum atomic E-state index is 13.5. The predicted octanol–water partition coefficient (Wildman–Crippen LogP) is 1.86. The Kier molecular flexibility index (Phi) is 2.83. The van der Waals surface area contributed by atoms with Crippen LogP contribution in [0.3, 0.4) is 0 Å². The first-order valence-corrected chi connectivity index (χ1v) is 4.64. The van der Waals surface area contributed by atoms with Gasteiger partial charge < -0.3 is 10.5 Å². The van der Waals surface area contributed by atoms with Gasteiger partial charge in [-0.15, -0.1) is 0 Å². The summed E-state index contributed by atoms with van der Waals surface area (Å²) in [5.41, 5.74) is 5.71. The van der Waals surface area contributed by atoms with E-state index in [2.05, 4.69) is 9.97 Å². The van der Waals surface area contributed by atoms with E-state index in [1.165, 1.54) is 24.5 Å². The van der Waals surface area contributed by atoms with E-state index in [0.29, 0.717) is 0 Å². The van der Waals surface area contributed by atoms with Gasteiger partial charge in [0.15, 0.2) is 17.4 Å². The standard InChI is InChI=1S/C11H7FN4O/c12-8-5-7(6-13)1-2-9(8)17-11-10(14)15-3-4-16-11/h1-5H,(H2,14,15). The zero-order valence-electron chi connectivity index (χ0n) is 8.59. The van der Waals surface area contributed by atoms with Crippen LogP contribution in [0.25, 0.3) is 0 Å². The molecule has 5 nitrogen and oxygen atoms in total. The first-order chi connectivity index (χ1) is 8.20. The summed E-state index contributed by atoms with van der Waals surface area (Å²) in [5, 5.41) is 8.59. The molecule has 0 aliphatic rings. The van der Waals surface area contributed by atoms with Crippen LogP contribution in [-0.4, -0.2) is 9.97 Å². The summed E-state index contributed by atoms with van der Waals surface area (Å²) in [5.74, 6) is -0.627. The minimum Gasteiger partial charge on any atom is -0.433 e. The third-order valence-electron chi connectivity index (χ3n) is 1.96. The Morgan fingerprint density at radius 2 is 2.06 bits per heavy atom. The SMILES string of the molecule is N#Cc1ccc(Oc2nccnc2N)c(F)c1. The number of anilines is 1. The van der Waals surface area contributed by atoms with Gasteiger partial charge in [0.05, 0.1) is 11.6 Å². The van der Waals surface area contributed by atoms with Crippen molar-refractivity contribution in [2.45, 2.75) is 0 Å². The molecule has 0 radical (unpaired) electrons. The van der Waals surface area contributed by atoms with Crippen LogP contribution in [-0.2, 0) is 0 Å². The van der Waals surface area contributed by atoms with Crippen LogP contribution in [0.15, 0.2) is 30.6 Å². The summed E-state index contributed by atoms with van der Waals surface area (Å²) in [6.45, 7) is 0. The highest BCUT2D eigenvalue weighted by atomic mass is 19.1. The molecule has 0 amide bonds. The molecule has 0 atom stereocenters. The molecule has 0 bridgehead atoms. The van der Waals surface area contributed by atoms with Gasteiger partial charge in [-0.1, -0.05) is 0 Å². The molecule has 2 aromatic rings. The lowest BCUT2D eigenvalue weighted by molar-refractivity contribution is 0.428. The average molecular weight is 230 g/mol. The zero-order chi connectivity index (χ0) is 12.3. The van der Waals surface area contributed by atoms with Crippen molar-refractivity contribution in [3.05, 3.63) is 42.0 Å². The van der Waals surface area contributed by atoms with Crippen molar-refractivity contribution in [1.29, 1.82) is 5.26 Å². The lowest BCUT2D eigenvalue weighted by atomic mass is 10.2. The number of halogens is 1. The van der Waals surface area contributed by atoms with Gasteiger partial charge in [-0.05, 0) is 18.2 Å². The smallest absolute Gasteiger partial charge is 0.262 e. The van der Waals surface area contributed by atoms with Crippen LogP contribution in [0, 0.1) is 17.1 Å². The molecule has 17 heavy (non-hydrogen) atoms. The van der Waals surface area contributed by atoms with E-state index in [9.17, 15) is 4.39 Å². The third-order valence-corrected chi connectivity index (χ3v) is 1.96. The fourth-order valence-electron chi connectivity index (χ4n) is 1.17. The number of hydrogen-bond donors (Lipinski definition) is 1. The molecular formula is C11H7FN4O. The first-order valence-electron chi connectivity index (χ1n) is 4.64. The molecule has 1 aromatic heterocycles. The molecule has 0 saturated carbocycles. The van der Waals surface area contributed by atoms with Crippen molar-refractivity contribution in [3.8, 4) is 17.7 Å². The Balaban J connectivity index is 2.32. The van der Waals surface area contributed by atoms with Gasteiger partial charge in [0.1, 0.15) is 0 Å². The molecule has 0 unspecified atom stereocenters. The highest BCUT2D eigenvalue weighted by molar-refractivity contribution is 5.43. The molecule has 2 rings (SSSR count). The number of nitrogens with zero attached hydrogens (tertiary/aromatic N) is 3. The molecule has 0 fully saturated rings. The summed E-state index contributed by atoms with van der Waals surface area (Å²) >= 11 is 0. The number of rotatable bonds is 2. The monoisotopic (exact) mass is 230 g/mol. The molecule has 2 N–H and O–H groups in total. The highest BCUT2D eigenvalue weighted by Crippen LogP contribution is 2.25. The minimum atomic E-state index is -0.658. The molecule has 6 heteroatoms. The van der Waals surface area contributed by atoms with Crippen LogP contribution in [0.2, 0.25) is 0 Å². The molecule has 0 aliphatic heterocycles. The molecular weight excluding hydrogens is 223 g/mol. The molecule has 0 spiro atoms. The lowest BCUT2D eigenvalue weighted by Gasteiger charge is -2.06. The Morgan fingerprint density at radius 3 is 2.71 bits per heavy atom. The molecule has 0 saturated heterocycles. The van der Waals surface area contributed by atoms with Crippen molar-refractivity contribution in [2.24, 2.45) is 0 Å². The molecule has 1 aromatic carbocycles. The number of benzene rings is 1. The summed E-state index contributed by atoms with van der Waals surface area (Å²) in [6, 6.07) is 5.66. The van der Waals surface area contributed by atoms with Crippen LogP contribution < -0.4 is 10.5 Å². The number of ether oxygens (including phenoxy) is 1. The Hall–Kier alpha value is -2.68. The first kappa shape index (κ1) is 10.8. The van der Waals surface area contributed by atoms with Gasteiger partial charge in [-0.25, -0.2) is 14.4 Å². The van der Waals surface area contributed by atoms with Crippen LogP contribution in [0.5, 0.6) is 11.6 Å². The van der Waals surface area contributed by atoms with E-state index in [4.69, 9.17) is 15.7 Å². The highest BCUT2D eigenvalue weighted by Gasteiger charge is 2.09. The maximum Gasteiger partial charge on any atom is 0.262 e. The third kappa shape index (κ3) is 2.29. The number of aromatic nitrogens is 2. The number of nitriles is 1. The van der Waals surface area contributed by atoms with E-state index in [-0.39, 0.29) is 23.0 Å². The number of hydrogen-bond acceptors (Lipinski definition) is 5. The van der Waals surface area contributed by atoms with Gasteiger partial charge in [-0.3, -0.25) is 0 Å². The van der Waals surface area contributed by atoms with Crippen molar-refractivity contribution >= 4 is 5.82 Å². The fraction of sp³-hybridized carbons (Fsp3) is 0. The maximum absolute atomic E-state index is 13.5. The van der Waals surface area contributed by atoms with E-state index in [1.807, 2.05) is 6.07 Å². The molecule has 1 heterocycles. The summed E-state index contributed by atoms with van der Waals surface area (Å²) in [4.78, 5) is 7.57. The van der Waals surface area contributed by atoms with Crippen LogP contribution in [0.4, 0.5) is 10.2 Å². The van der Waals surface area contributed by atoms with E-state index in [0.717, 1.165) is 6.07 Å². The second-order valence-corrected chi connectivity index (χ2v) is 3.11. The van der Waals surface area contributed by atoms with E-state index < -0.39 is 5.82 Å². The van der Waals surface area contributed by atoms with E-state index >= 15 is 0 Å². The van der Waals surface area contributed by atoms with Gasteiger partial charge in [0.25, 0.3) is 5.88 Å². The molecule has 0 aliphatic carbocycles. The van der Waals surface area contributed by atoms with E-state index in [1.54, 1.807) is 0 Å². The zero-order valence-corrected chi connectivity index (χ0v) is 8.59. The van der Waals surface area contributed by atoms with Crippen LogP contribution >= 0.6 is 0 Å². The van der Waals surface area contributed by atoms with Crippen LogP contribution in [0.1, 0.15) is 5.56 Å². The lowest BCUT2D eigenvalue weighted by Crippen LogP contribution is -1.98. The second kappa shape index (κ2) is 4.45. The number of nitrogens with two attached hydrogens (primary N) is 1. The normalized spacial score (nSPS) is 9.65. The Labute approximate surface area is 96.3 Å². The van der Waals surface area contributed by atoms with Gasteiger partial charge in [0.2, 0.25) is 0 Å². The minimum absolute atomic E-state index is 0.0242. The van der Waals surface area contributed by atoms with Crippen molar-refractivity contribution in [2.75, 3.05) is 5.73 Å². The van der Waals surface area contributed by atoms with Gasteiger partial charge in [0, 0.05) is 12.4 Å².